The molecule has 34 heavy (non-hydrogen) atoms. The van der Waals surface area contributed by atoms with Crippen molar-refractivity contribution in [2.24, 2.45) is 0 Å². The van der Waals surface area contributed by atoms with Gasteiger partial charge in [0.15, 0.2) is 5.82 Å². The van der Waals surface area contributed by atoms with E-state index < -0.39 is 0 Å². The fourth-order valence-electron chi connectivity index (χ4n) is 3.82. The minimum absolute atomic E-state index is 0.0744. The van der Waals surface area contributed by atoms with Crippen LogP contribution in [0, 0.1) is 20.8 Å². The first kappa shape index (κ1) is 22.2. The van der Waals surface area contributed by atoms with E-state index in [-0.39, 0.29) is 11.7 Å². The minimum atomic E-state index is -0.0744. The van der Waals surface area contributed by atoms with Crippen molar-refractivity contribution in [1.29, 1.82) is 0 Å². The zero-order chi connectivity index (χ0) is 23.7. The SMILES string of the molecule is Cc1ccc(-c2nc3c(c(SCC(=O)Nc4ccc(C)c(C)c4)n2)Cc2ccccc2O3)cc1. The number of benzene rings is 3. The molecule has 5 rings (SSSR count). The first-order valence-electron chi connectivity index (χ1n) is 11.2. The molecule has 2 heterocycles. The summed E-state index contributed by atoms with van der Waals surface area (Å²) < 4.78 is 6.17. The standard InChI is InChI=1S/C28H25N3O2S/c1-17-8-11-20(12-9-17)26-30-27-23(15-21-6-4-5-7-24(21)33-27)28(31-26)34-16-25(32)29-22-13-10-18(2)19(3)14-22/h4-14H,15-16H2,1-3H3,(H,29,32). The van der Waals surface area contributed by atoms with Gasteiger partial charge in [-0.2, -0.15) is 4.98 Å². The Balaban J connectivity index is 1.43. The summed E-state index contributed by atoms with van der Waals surface area (Å²) in [4.78, 5) is 22.3. The third-order valence-corrected chi connectivity index (χ3v) is 6.94. The van der Waals surface area contributed by atoms with Crippen LogP contribution in [0.3, 0.4) is 0 Å². The zero-order valence-electron chi connectivity index (χ0n) is 19.4. The number of rotatable bonds is 5. The molecule has 0 unspecified atom stereocenters. The Labute approximate surface area is 203 Å². The molecule has 6 heteroatoms. The second kappa shape index (κ2) is 9.31. The third kappa shape index (κ3) is 4.68. The number of hydrogen-bond acceptors (Lipinski definition) is 5. The number of hydrogen-bond donors (Lipinski definition) is 1. The largest absolute Gasteiger partial charge is 0.438 e. The van der Waals surface area contributed by atoms with E-state index in [2.05, 4.69) is 12.2 Å². The molecule has 170 valence electrons. The fourth-order valence-corrected chi connectivity index (χ4v) is 4.65. The van der Waals surface area contributed by atoms with Crippen LogP contribution in [-0.4, -0.2) is 21.6 Å². The molecule has 0 bridgehead atoms. The molecular weight excluding hydrogens is 442 g/mol. The van der Waals surface area contributed by atoms with Gasteiger partial charge in [0, 0.05) is 17.7 Å². The van der Waals surface area contributed by atoms with Gasteiger partial charge in [-0.15, -0.1) is 0 Å². The number of ether oxygens (including phenoxy) is 1. The monoisotopic (exact) mass is 467 g/mol. The Hall–Kier alpha value is -3.64. The topological polar surface area (TPSA) is 64.1 Å². The summed E-state index contributed by atoms with van der Waals surface area (Å²) in [6, 6.07) is 22.0. The third-order valence-electron chi connectivity index (χ3n) is 5.92. The minimum Gasteiger partial charge on any atom is -0.438 e. The Morgan fingerprint density at radius 3 is 2.56 bits per heavy atom. The molecule has 1 aliphatic heterocycles. The summed E-state index contributed by atoms with van der Waals surface area (Å²) >= 11 is 1.41. The van der Waals surface area contributed by atoms with Crippen molar-refractivity contribution in [3.05, 3.63) is 94.5 Å². The predicted octanol–water partition coefficient (Wildman–Crippen LogP) is 6.50. The molecule has 1 N–H and O–H groups in total. The van der Waals surface area contributed by atoms with Crippen LogP contribution in [0.1, 0.15) is 27.8 Å². The van der Waals surface area contributed by atoms with Crippen molar-refractivity contribution in [3.63, 3.8) is 0 Å². The number of amides is 1. The van der Waals surface area contributed by atoms with Crippen molar-refractivity contribution >= 4 is 23.4 Å². The summed E-state index contributed by atoms with van der Waals surface area (Å²) in [5.74, 6) is 2.13. The fraction of sp³-hybridized carbons (Fsp3) is 0.179. The van der Waals surface area contributed by atoms with Gasteiger partial charge in [-0.05, 0) is 55.7 Å². The maximum atomic E-state index is 12.7. The Kier molecular flexibility index (Phi) is 6.07. The summed E-state index contributed by atoms with van der Waals surface area (Å²) in [7, 11) is 0. The Morgan fingerprint density at radius 2 is 1.76 bits per heavy atom. The number of carbonyl (C=O) groups excluding carboxylic acids is 1. The lowest BCUT2D eigenvalue weighted by molar-refractivity contribution is -0.113. The van der Waals surface area contributed by atoms with Gasteiger partial charge in [-0.25, -0.2) is 4.98 Å². The predicted molar refractivity (Wildman–Crippen MR) is 137 cm³/mol. The highest BCUT2D eigenvalue weighted by atomic mass is 32.2. The van der Waals surface area contributed by atoms with E-state index in [0.717, 1.165) is 38.7 Å². The molecule has 1 aromatic heterocycles. The molecular formula is C28H25N3O2S. The van der Waals surface area contributed by atoms with E-state index >= 15 is 0 Å². The van der Waals surface area contributed by atoms with E-state index in [1.165, 1.54) is 22.9 Å². The van der Waals surface area contributed by atoms with Crippen LogP contribution in [0.5, 0.6) is 11.6 Å². The van der Waals surface area contributed by atoms with Crippen molar-refractivity contribution in [2.45, 2.75) is 32.2 Å². The average molecular weight is 468 g/mol. The number of nitrogens with one attached hydrogen (secondary N) is 1. The maximum absolute atomic E-state index is 12.7. The number of aryl methyl sites for hydroxylation is 3. The molecule has 1 amide bonds. The quantitative estimate of drug-likeness (QED) is 0.236. The van der Waals surface area contributed by atoms with Gasteiger partial charge in [0.25, 0.3) is 0 Å². The van der Waals surface area contributed by atoms with Crippen LogP contribution < -0.4 is 10.1 Å². The van der Waals surface area contributed by atoms with Crippen LogP contribution in [0.25, 0.3) is 11.4 Å². The van der Waals surface area contributed by atoms with Crippen molar-refractivity contribution in [1.82, 2.24) is 9.97 Å². The van der Waals surface area contributed by atoms with Crippen molar-refractivity contribution < 1.29 is 9.53 Å². The molecule has 0 fully saturated rings. The molecule has 0 atom stereocenters. The van der Waals surface area contributed by atoms with E-state index in [4.69, 9.17) is 14.7 Å². The van der Waals surface area contributed by atoms with Gasteiger partial charge in [-0.3, -0.25) is 4.79 Å². The molecule has 0 saturated heterocycles. The summed E-state index contributed by atoms with van der Waals surface area (Å²) in [6.07, 6.45) is 0.667. The number of thioether (sulfide) groups is 1. The highest BCUT2D eigenvalue weighted by Gasteiger charge is 2.24. The van der Waals surface area contributed by atoms with E-state index in [9.17, 15) is 4.79 Å². The molecule has 0 aliphatic carbocycles. The summed E-state index contributed by atoms with van der Waals surface area (Å²) in [5.41, 5.74) is 7.23. The number of para-hydroxylation sites is 1. The maximum Gasteiger partial charge on any atom is 0.234 e. The molecule has 3 aromatic carbocycles. The molecule has 0 saturated carbocycles. The lowest BCUT2D eigenvalue weighted by Crippen LogP contribution is -2.15. The lowest BCUT2D eigenvalue weighted by Gasteiger charge is -2.21. The normalized spacial score (nSPS) is 11.9. The summed E-state index contributed by atoms with van der Waals surface area (Å²) in [5, 5.41) is 3.76. The van der Waals surface area contributed by atoms with Crippen LogP contribution in [-0.2, 0) is 11.2 Å². The average Bonchev–Trinajstić information content (AvgIpc) is 2.84. The van der Waals surface area contributed by atoms with Crippen LogP contribution in [0.4, 0.5) is 5.69 Å². The van der Waals surface area contributed by atoms with Gasteiger partial charge in [0.05, 0.1) is 11.3 Å². The lowest BCUT2D eigenvalue weighted by atomic mass is 10.0. The summed E-state index contributed by atoms with van der Waals surface area (Å²) in [6.45, 7) is 6.14. The number of carbonyl (C=O) groups is 1. The van der Waals surface area contributed by atoms with Crippen molar-refractivity contribution in [3.8, 4) is 23.0 Å². The number of anilines is 1. The van der Waals surface area contributed by atoms with E-state index in [0.29, 0.717) is 18.1 Å². The van der Waals surface area contributed by atoms with Gasteiger partial charge < -0.3 is 10.1 Å². The molecule has 0 radical (unpaired) electrons. The second-order valence-electron chi connectivity index (χ2n) is 8.52. The first-order valence-corrected chi connectivity index (χ1v) is 12.2. The highest BCUT2D eigenvalue weighted by molar-refractivity contribution is 8.00. The number of fused-ring (bicyclic) bond motifs is 2. The van der Waals surface area contributed by atoms with Gasteiger partial charge in [0.2, 0.25) is 11.8 Å². The van der Waals surface area contributed by atoms with Gasteiger partial charge in [-0.1, -0.05) is 65.9 Å². The Morgan fingerprint density at radius 1 is 0.971 bits per heavy atom. The number of nitrogens with zero attached hydrogens (tertiary/aromatic N) is 2. The van der Waals surface area contributed by atoms with Crippen molar-refractivity contribution in [2.75, 3.05) is 11.1 Å². The van der Waals surface area contributed by atoms with Gasteiger partial charge >= 0.3 is 0 Å². The molecule has 5 nitrogen and oxygen atoms in total. The smallest absolute Gasteiger partial charge is 0.234 e. The van der Waals surface area contributed by atoms with Gasteiger partial charge in [0.1, 0.15) is 10.8 Å². The molecule has 4 aromatic rings. The van der Waals surface area contributed by atoms with E-state index in [1.54, 1.807) is 0 Å². The van der Waals surface area contributed by atoms with Crippen LogP contribution in [0.2, 0.25) is 0 Å². The van der Waals surface area contributed by atoms with Crippen LogP contribution >= 0.6 is 11.8 Å². The number of aromatic nitrogens is 2. The van der Waals surface area contributed by atoms with Crippen LogP contribution in [0.15, 0.2) is 71.8 Å². The Bertz CT molecular complexity index is 1380. The van der Waals surface area contributed by atoms with E-state index in [1.807, 2.05) is 80.6 Å². The second-order valence-corrected chi connectivity index (χ2v) is 9.49. The highest BCUT2D eigenvalue weighted by Crippen LogP contribution is 2.40. The zero-order valence-corrected chi connectivity index (χ0v) is 20.2. The first-order chi connectivity index (χ1) is 16.5. The molecule has 0 spiro atoms. The molecule has 1 aliphatic rings.